The van der Waals surface area contributed by atoms with Crippen LogP contribution in [-0.4, -0.2) is 55.1 Å². The van der Waals surface area contributed by atoms with E-state index in [2.05, 4.69) is 23.6 Å². The second-order valence-electron chi connectivity index (χ2n) is 6.56. The van der Waals surface area contributed by atoms with E-state index >= 15 is 0 Å². The molecule has 2 heterocycles. The van der Waals surface area contributed by atoms with Gasteiger partial charge in [-0.15, -0.1) is 0 Å². The van der Waals surface area contributed by atoms with Crippen LogP contribution in [0.2, 0.25) is 0 Å². The van der Waals surface area contributed by atoms with Crippen molar-refractivity contribution in [2.24, 2.45) is 11.1 Å². The summed E-state index contributed by atoms with van der Waals surface area (Å²) in [6.07, 6.45) is 5.44. The highest BCUT2D eigenvalue weighted by atomic mass is 15.2. The summed E-state index contributed by atoms with van der Waals surface area (Å²) in [7, 11) is 0. The number of piperidine rings is 2. The Bertz CT molecular complexity index is 222. The minimum atomic E-state index is 0.580. The largest absolute Gasteiger partial charge is 0.329 e. The van der Waals surface area contributed by atoms with E-state index in [0.717, 1.165) is 19.1 Å². The normalized spacial score (nSPS) is 28.4. The molecule has 2 N–H and O–H groups in total. The predicted octanol–water partition coefficient (Wildman–Crippen LogP) is 1.53. The number of likely N-dealkylation sites (tertiary alicyclic amines) is 2. The van der Waals surface area contributed by atoms with Gasteiger partial charge in [-0.05, 0) is 57.3 Å². The van der Waals surface area contributed by atoms with E-state index in [1.54, 1.807) is 0 Å². The molecule has 0 aromatic carbocycles. The Morgan fingerprint density at radius 2 is 1.65 bits per heavy atom. The molecule has 2 aliphatic heterocycles. The zero-order chi connectivity index (χ0) is 12.3. The topological polar surface area (TPSA) is 32.5 Å². The van der Waals surface area contributed by atoms with E-state index in [4.69, 9.17) is 5.73 Å². The Morgan fingerprint density at radius 1 is 1.06 bits per heavy atom. The Balaban J connectivity index is 1.74. The van der Waals surface area contributed by atoms with Crippen LogP contribution in [0.3, 0.4) is 0 Å². The summed E-state index contributed by atoms with van der Waals surface area (Å²) in [4.78, 5) is 5.26. The summed E-state index contributed by atoms with van der Waals surface area (Å²) in [6.45, 7) is 11.8. The van der Waals surface area contributed by atoms with Crippen LogP contribution in [-0.2, 0) is 0 Å². The van der Waals surface area contributed by atoms with E-state index in [-0.39, 0.29) is 0 Å². The predicted molar refractivity (Wildman–Crippen MR) is 73.1 cm³/mol. The molecule has 0 aromatic heterocycles. The van der Waals surface area contributed by atoms with Gasteiger partial charge in [0.15, 0.2) is 0 Å². The van der Waals surface area contributed by atoms with Gasteiger partial charge in [0.05, 0.1) is 0 Å². The number of nitrogens with two attached hydrogens (primary N) is 1. The van der Waals surface area contributed by atoms with Crippen molar-refractivity contribution in [3.63, 3.8) is 0 Å². The lowest BCUT2D eigenvalue weighted by Crippen LogP contribution is -2.49. The summed E-state index contributed by atoms with van der Waals surface area (Å²) in [6, 6.07) is 0.847. The van der Waals surface area contributed by atoms with Crippen molar-refractivity contribution >= 4 is 0 Å². The lowest BCUT2D eigenvalue weighted by molar-refractivity contribution is 0.0572. The Hall–Kier alpha value is -0.120. The van der Waals surface area contributed by atoms with Crippen molar-refractivity contribution in [2.45, 2.75) is 45.6 Å². The average Bonchev–Trinajstić information content (AvgIpc) is 2.31. The molecule has 0 aliphatic carbocycles. The molecule has 3 nitrogen and oxygen atoms in total. The fourth-order valence-electron chi connectivity index (χ4n) is 3.19. The van der Waals surface area contributed by atoms with E-state index in [9.17, 15) is 0 Å². The van der Waals surface area contributed by atoms with Crippen molar-refractivity contribution in [1.29, 1.82) is 0 Å². The molecule has 3 heteroatoms. The zero-order valence-electron chi connectivity index (χ0n) is 11.6. The van der Waals surface area contributed by atoms with Crippen molar-refractivity contribution in [3.05, 3.63) is 0 Å². The third-order valence-corrected chi connectivity index (χ3v) is 4.67. The summed E-state index contributed by atoms with van der Waals surface area (Å²) >= 11 is 0. The van der Waals surface area contributed by atoms with Crippen molar-refractivity contribution in [1.82, 2.24) is 9.80 Å². The summed E-state index contributed by atoms with van der Waals surface area (Å²) in [5, 5.41) is 0. The summed E-state index contributed by atoms with van der Waals surface area (Å²) < 4.78 is 0. The third kappa shape index (κ3) is 3.67. The Labute approximate surface area is 106 Å². The van der Waals surface area contributed by atoms with E-state index in [0.29, 0.717) is 5.41 Å². The van der Waals surface area contributed by atoms with Crippen molar-refractivity contribution in [3.8, 4) is 0 Å². The van der Waals surface area contributed by atoms with Crippen LogP contribution >= 0.6 is 0 Å². The van der Waals surface area contributed by atoms with Gasteiger partial charge in [-0.1, -0.05) is 13.8 Å². The molecule has 2 aliphatic rings. The van der Waals surface area contributed by atoms with Crippen LogP contribution in [0.15, 0.2) is 0 Å². The number of rotatable bonds is 3. The van der Waals surface area contributed by atoms with Crippen LogP contribution in [0.5, 0.6) is 0 Å². The molecule has 0 aromatic rings. The first-order valence-electron chi connectivity index (χ1n) is 7.27. The summed E-state index contributed by atoms with van der Waals surface area (Å²) in [5.74, 6) is 0. The second kappa shape index (κ2) is 5.68. The van der Waals surface area contributed by atoms with Crippen LogP contribution in [0, 0.1) is 5.41 Å². The monoisotopic (exact) mass is 239 g/mol. The first kappa shape index (κ1) is 13.3. The van der Waals surface area contributed by atoms with Gasteiger partial charge in [0.25, 0.3) is 0 Å². The van der Waals surface area contributed by atoms with Crippen LogP contribution in [0.25, 0.3) is 0 Å². The smallest absolute Gasteiger partial charge is 0.0120 e. The molecule has 2 rings (SSSR count). The maximum Gasteiger partial charge on any atom is 0.0120 e. The molecule has 100 valence electrons. The highest BCUT2D eigenvalue weighted by Gasteiger charge is 2.30. The number of hydrogen-bond donors (Lipinski definition) is 1. The molecule has 2 fully saturated rings. The van der Waals surface area contributed by atoms with E-state index in [1.807, 2.05) is 0 Å². The molecule has 17 heavy (non-hydrogen) atoms. The molecule has 0 radical (unpaired) electrons. The van der Waals surface area contributed by atoms with Gasteiger partial charge in [0.2, 0.25) is 0 Å². The van der Waals surface area contributed by atoms with Gasteiger partial charge in [-0.2, -0.15) is 0 Å². The molecule has 0 atom stereocenters. The Kier molecular flexibility index (Phi) is 4.45. The van der Waals surface area contributed by atoms with Gasteiger partial charge in [-0.25, -0.2) is 0 Å². The molecule has 0 amide bonds. The van der Waals surface area contributed by atoms with Crippen LogP contribution < -0.4 is 5.73 Å². The highest BCUT2D eigenvalue weighted by Crippen LogP contribution is 2.32. The fraction of sp³-hybridized carbons (Fsp3) is 1.00. The molecule has 0 saturated carbocycles. The number of hydrogen-bond acceptors (Lipinski definition) is 3. The van der Waals surface area contributed by atoms with Gasteiger partial charge in [0, 0.05) is 19.1 Å². The van der Waals surface area contributed by atoms with Crippen LogP contribution in [0.4, 0.5) is 0 Å². The quantitative estimate of drug-likeness (QED) is 0.811. The average molecular weight is 239 g/mol. The lowest BCUT2D eigenvalue weighted by atomic mass is 9.82. The SMILES string of the molecule is CC1(C)CCN(C2CCN(CCN)CC2)CC1. The lowest BCUT2D eigenvalue weighted by Gasteiger charge is -2.44. The van der Waals surface area contributed by atoms with Crippen LogP contribution in [0.1, 0.15) is 39.5 Å². The minimum absolute atomic E-state index is 0.580. The maximum absolute atomic E-state index is 5.61. The second-order valence-corrected chi connectivity index (χ2v) is 6.56. The van der Waals surface area contributed by atoms with Gasteiger partial charge in [0.1, 0.15) is 0 Å². The molecule has 0 bridgehead atoms. The zero-order valence-corrected chi connectivity index (χ0v) is 11.6. The van der Waals surface area contributed by atoms with E-state index < -0.39 is 0 Å². The van der Waals surface area contributed by atoms with Gasteiger partial charge >= 0.3 is 0 Å². The third-order valence-electron chi connectivity index (χ3n) is 4.67. The first-order valence-corrected chi connectivity index (χ1v) is 7.27. The summed E-state index contributed by atoms with van der Waals surface area (Å²) in [5.41, 5.74) is 6.19. The Morgan fingerprint density at radius 3 is 2.18 bits per heavy atom. The molecular weight excluding hydrogens is 210 g/mol. The first-order chi connectivity index (χ1) is 8.11. The van der Waals surface area contributed by atoms with Crippen molar-refractivity contribution in [2.75, 3.05) is 39.3 Å². The number of nitrogens with zero attached hydrogens (tertiary/aromatic N) is 2. The van der Waals surface area contributed by atoms with Crippen molar-refractivity contribution < 1.29 is 0 Å². The highest BCUT2D eigenvalue weighted by molar-refractivity contribution is 4.85. The van der Waals surface area contributed by atoms with Gasteiger partial charge < -0.3 is 15.5 Å². The standard InChI is InChI=1S/C14H29N3/c1-14(2)5-10-17(11-6-14)13-3-8-16(9-4-13)12-7-15/h13H,3-12,15H2,1-2H3. The molecular formula is C14H29N3. The molecule has 0 unspecified atom stereocenters. The van der Waals surface area contributed by atoms with E-state index in [1.165, 1.54) is 51.9 Å². The molecule has 2 saturated heterocycles. The fourth-order valence-corrected chi connectivity index (χ4v) is 3.19. The molecule has 0 spiro atoms. The minimum Gasteiger partial charge on any atom is -0.329 e. The van der Waals surface area contributed by atoms with Gasteiger partial charge in [-0.3, -0.25) is 0 Å². The maximum atomic E-state index is 5.61.